The molecule has 122 valence electrons. The molecule has 0 atom stereocenters. The second-order valence-corrected chi connectivity index (χ2v) is 5.34. The Hall–Kier alpha value is -2.43. The highest BCUT2D eigenvalue weighted by Gasteiger charge is 2.06. The average molecular weight is 317 g/mol. The largest absolute Gasteiger partial charge is 0.356 e. The van der Waals surface area contributed by atoms with Crippen LogP contribution >= 0.6 is 0 Å². The fraction of sp³-hybridized carbons (Fsp3) is 0.278. The molecule has 0 bridgehead atoms. The van der Waals surface area contributed by atoms with Crippen molar-refractivity contribution in [3.63, 3.8) is 0 Å². The van der Waals surface area contributed by atoms with Crippen molar-refractivity contribution in [2.75, 3.05) is 20.6 Å². The van der Waals surface area contributed by atoms with Gasteiger partial charge in [-0.15, -0.1) is 0 Å². The Morgan fingerprint density at radius 3 is 2.43 bits per heavy atom. The van der Waals surface area contributed by atoms with Gasteiger partial charge in [0.25, 0.3) is 0 Å². The molecular formula is C18H21F2N3. The molecule has 0 spiro atoms. The molecule has 0 heterocycles. The highest BCUT2D eigenvalue weighted by molar-refractivity contribution is 5.79. The first-order chi connectivity index (χ1) is 11.1. The van der Waals surface area contributed by atoms with Crippen LogP contribution in [0.1, 0.15) is 11.1 Å². The van der Waals surface area contributed by atoms with Crippen LogP contribution in [0.5, 0.6) is 0 Å². The van der Waals surface area contributed by atoms with E-state index in [1.165, 1.54) is 24.3 Å². The van der Waals surface area contributed by atoms with Crippen LogP contribution in [0.4, 0.5) is 8.78 Å². The van der Waals surface area contributed by atoms with Crippen molar-refractivity contribution in [1.82, 2.24) is 10.2 Å². The summed E-state index contributed by atoms with van der Waals surface area (Å²) in [7, 11) is 3.63. The van der Waals surface area contributed by atoms with Gasteiger partial charge in [0.1, 0.15) is 11.6 Å². The van der Waals surface area contributed by atoms with Gasteiger partial charge in [-0.2, -0.15) is 0 Å². The maximum atomic E-state index is 13.1. The number of hydrogen-bond acceptors (Lipinski definition) is 1. The maximum absolute atomic E-state index is 13.1. The Labute approximate surface area is 135 Å². The van der Waals surface area contributed by atoms with Crippen LogP contribution in [0.3, 0.4) is 0 Å². The highest BCUT2D eigenvalue weighted by atomic mass is 19.1. The highest BCUT2D eigenvalue weighted by Crippen LogP contribution is 2.06. The lowest BCUT2D eigenvalue weighted by molar-refractivity contribution is 0.476. The summed E-state index contributed by atoms with van der Waals surface area (Å²) in [4.78, 5) is 6.19. The number of benzene rings is 2. The quantitative estimate of drug-likeness (QED) is 0.677. The van der Waals surface area contributed by atoms with Crippen LogP contribution in [-0.4, -0.2) is 31.5 Å². The van der Waals surface area contributed by atoms with E-state index < -0.39 is 0 Å². The van der Waals surface area contributed by atoms with Gasteiger partial charge in [0.15, 0.2) is 5.96 Å². The van der Waals surface area contributed by atoms with Gasteiger partial charge in [-0.3, -0.25) is 4.99 Å². The maximum Gasteiger partial charge on any atom is 0.193 e. The number of nitrogens with zero attached hydrogens (tertiary/aromatic N) is 2. The minimum absolute atomic E-state index is 0.222. The summed E-state index contributed by atoms with van der Waals surface area (Å²) < 4.78 is 26.1. The Balaban J connectivity index is 1.85. The third kappa shape index (κ3) is 5.36. The number of guanidine groups is 1. The molecule has 0 amide bonds. The summed E-state index contributed by atoms with van der Waals surface area (Å²) >= 11 is 0. The van der Waals surface area contributed by atoms with Crippen LogP contribution < -0.4 is 5.32 Å². The van der Waals surface area contributed by atoms with Crippen molar-refractivity contribution in [3.05, 3.63) is 71.3 Å². The van der Waals surface area contributed by atoms with Crippen LogP contribution in [-0.2, 0) is 13.0 Å². The van der Waals surface area contributed by atoms with Gasteiger partial charge in [-0.25, -0.2) is 8.78 Å². The average Bonchev–Trinajstić information content (AvgIpc) is 2.54. The van der Waals surface area contributed by atoms with E-state index >= 15 is 0 Å². The summed E-state index contributed by atoms with van der Waals surface area (Å²) in [6.45, 7) is 1.28. The molecule has 0 aromatic heterocycles. The van der Waals surface area contributed by atoms with Gasteiger partial charge in [0, 0.05) is 27.2 Å². The van der Waals surface area contributed by atoms with Gasteiger partial charge >= 0.3 is 0 Å². The third-order valence-electron chi connectivity index (χ3n) is 3.49. The van der Waals surface area contributed by atoms with E-state index in [1.54, 1.807) is 25.2 Å². The first-order valence-corrected chi connectivity index (χ1v) is 7.49. The molecule has 1 N–H and O–H groups in total. The zero-order chi connectivity index (χ0) is 16.7. The zero-order valence-corrected chi connectivity index (χ0v) is 13.4. The van der Waals surface area contributed by atoms with E-state index in [4.69, 9.17) is 0 Å². The topological polar surface area (TPSA) is 27.6 Å². The number of halogens is 2. The fourth-order valence-electron chi connectivity index (χ4n) is 2.33. The lowest BCUT2D eigenvalue weighted by atomic mass is 10.1. The predicted molar refractivity (Wildman–Crippen MR) is 89.3 cm³/mol. The molecule has 0 fully saturated rings. The van der Waals surface area contributed by atoms with E-state index in [9.17, 15) is 8.78 Å². The van der Waals surface area contributed by atoms with Crippen molar-refractivity contribution in [2.45, 2.75) is 13.0 Å². The summed E-state index contributed by atoms with van der Waals surface area (Å²) in [6, 6.07) is 13.0. The molecule has 2 aromatic rings. The van der Waals surface area contributed by atoms with Gasteiger partial charge in [0.05, 0.1) is 0 Å². The normalized spacial score (nSPS) is 11.4. The minimum atomic E-state index is -0.242. The number of hydrogen-bond donors (Lipinski definition) is 1. The molecule has 5 heteroatoms. The third-order valence-corrected chi connectivity index (χ3v) is 3.49. The number of nitrogens with one attached hydrogen (secondary N) is 1. The van der Waals surface area contributed by atoms with E-state index in [1.807, 2.05) is 18.0 Å². The van der Waals surface area contributed by atoms with Crippen molar-refractivity contribution < 1.29 is 8.78 Å². The first-order valence-electron chi connectivity index (χ1n) is 7.49. The lowest BCUT2D eigenvalue weighted by Crippen LogP contribution is -2.39. The predicted octanol–water partition coefficient (Wildman–Crippen LogP) is 3.21. The van der Waals surface area contributed by atoms with Gasteiger partial charge < -0.3 is 10.2 Å². The van der Waals surface area contributed by atoms with Crippen molar-refractivity contribution in [3.8, 4) is 0 Å². The molecule has 0 saturated carbocycles. The molecular weight excluding hydrogens is 296 g/mol. The molecule has 0 aliphatic carbocycles. The van der Waals surface area contributed by atoms with Crippen LogP contribution in [0.2, 0.25) is 0 Å². The standard InChI is InChI=1S/C18H21F2N3/c1-21-18(22-11-10-14-4-3-5-17(20)12-14)23(2)13-15-6-8-16(19)9-7-15/h3-9,12H,10-11,13H2,1-2H3,(H,21,22). The van der Waals surface area contributed by atoms with Crippen molar-refractivity contribution >= 4 is 5.96 Å². The van der Waals surface area contributed by atoms with Crippen LogP contribution in [0, 0.1) is 11.6 Å². The molecule has 0 aliphatic heterocycles. The smallest absolute Gasteiger partial charge is 0.193 e. The van der Waals surface area contributed by atoms with Crippen LogP contribution in [0.25, 0.3) is 0 Å². The first kappa shape index (κ1) is 16.9. The monoisotopic (exact) mass is 317 g/mol. The Bertz CT molecular complexity index is 654. The molecule has 2 rings (SSSR count). The van der Waals surface area contributed by atoms with Gasteiger partial charge in [-0.05, 0) is 41.8 Å². The molecule has 0 aliphatic rings. The molecule has 0 radical (unpaired) electrons. The Morgan fingerprint density at radius 1 is 1.04 bits per heavy atom. The van der Waals surface area contributed by atoms with Crippen molar-refractivity contribution in [1.29, 1.82) is 0 Å². The van der Waals surface area contributed by atoms with Gasteiger partial charge in [-0.1, -0.05) is 24.3 Å². The van der Waals surface area contributed by atoms with E-state index in [0.29, 0.717) is 19.5 Å². The van der Waals surface area contributed by atoms with E-state index in [-0.39, 0.29) is 11.6 Å². The van der Waals surface area contributed by atoms with E-state index in [0.717, 1.165) is 17.1 Å². The lowest BCUT2D eigenvalue weighted by Gasteiger charge is -2.22. The number of aliphatic imine (C=N–C) groups is 1. The second-order valence-electron chi connectivity index (χ2n) is 5.34. The SMILES string of the molecule is CN=C(NCCc1cccc(F)c1)N(C)Cc1ccc(F)cc1. The number of rotatable bonds is 5. The molecule has 23 heavy (non-hydrogen) atoms. The molecule has 2 aromatic carbocycles. The zero-order valence-electron chi connectivity index (χ0n) is 13.4. The molecule has 0 unspecified atom stereocenters. The summed E-state index contributed by atoms with van der Waals surface area (Å²) in [5.41, 5.74) is 1.94. The molecule has 3 nitrogen and oxygen atoms in total. The van der Waals surface area contributed by atoms with Gasteiger partial charge in [0.2, 0.25) is 0 Å². The summed E-state index contributed by atoms with van der Waals surface area (Å²) in [5, 5.41) is 3.25. The Morgan fingerprint density at radius 2 is 1.78 bits per heavy atom. The fourth-order valence-corrected chi connectivity index (χ4v) is 2.33. The summed E-state index contributed by atoms with van der Waals surface area (Å²) in [6.07, 6.45) is 0.709. The Kier molecular flexibility index (Phi) is 6.09. The molecule has 0 saturated heterocycles. The second kappa shape index (κ2) is 8.27. The van der Waals surface area contributed by atoms with E-state index in [2.05, 4.69) is 10.3 Å². The van der Waals surface area contributed by atoms with Crippen LogP contribution in [0.15, 0.2) is 53.5 Å². The minimum Gasteiger partial charge on any atom is -0.356 e. The summed E-state index contributed by atoms with van der Waals surface area (Å²) in [5.74, 6) is 0.278. The van der Waals surface area contributed by atoms with Crippen molar-refractivity contribution in [2.24, 2.45) is 4.99 Å².